The van der Waals surface area contributed by atoms with Crippen LogP contribution in [0.3, 0.4) is 0 Å². The van der Waals surface area contributed by atoms with Crippen molar-refractivity contribution in [2.24, 2.45) is 4.99 Å². The van der Waals surface area contributed by atoms with Gasteiger partial charge in [0.1, 0.15) is 5.82 Å². The molecule has 2 amide bonds. The highest BCUT2D eigenvalue weighted by atomic mass is 35.5. The van der Waals surface area contributed by atoms with E-state index < -0.39 is 0 Å². The van der Waals surface area contributed by atoms with Gasteiger partial charge in [0.15, 0.2) is 5.17 Å². The molecule has 1 aliphatic heterocycles. The minimum Gasteiger partial charge on any atom is -0.307 e. The highest BCUT2D eigenvalue weighted by molar-refractivity contribution is 8.15. The number of amidine groups is 1. The largest absolute Gasteiger partial charge is 0.333 e. The second-order valence-electron chi connectivity index (χ2n) is 5.46. The Morgan fingerprint density at radius 3 is 2.67 bits per heavy atom. The molecule has 1 aromatic heterocycles. The predicted octanol–water partition coefficient (Wildman–Crippen LogP) is 4.57. The van der Waals surface area contributed by atoms with E-state index in [4.69, 9.17) is 11.6 Å². The first kappa shape index (κ1) is 16.8. The van der Waals surface area contributed by atoms with Crippen LogP contribution in [0.4, 0.5) is 16.3 Å². The lowest BCUT2D eigenvalue weighted by atomic mass is 10.3. The molecule has 1 aromatic carbocycles. The number of amides is 2. The molecule has 0 radical (unpaired) electrons. The number of aromatic nitrogens is 1. The molecule has 2 heterocycles. The minimum absolute atomic E-state index is 0.296. The number of urea groups is 1. The first-order valence-corrected chi connectivity index (χ1v) is 8.80. The molecule has 24 heavy (non-hydrogen) atoms. The van der Waals surface area contributed by atoms with Crippen LogP contribution in [-0.4, -0.2) is 28.0 Å². The minimum atomic E-state index is -0.296. The van der Waals surface area contributed by atoms with Crippen molar-refractivity contribution < 1.29 is 4.79 Å². The van der Waals surface area contributed by atoms with Crippen LogP contribution in [0.2, 0.25) is 5.02 Å². The fourth-order valence-corrected chi connectivity index (χ4v) is 3.31. The lowest BCUT2D eigenvalue weighted by molar-refractivity contribution is 0.259. The fraction of sp³-hybridized carbons (Fsp3) is 0.235. The van der Waals surface area contributed by atoms with Crippen molar-refractivity contribution in [3.05, 3.63) is 53.2 Å². The molecule has 3 rings (SSSR count). The van der Waals surface area contributed by atoms with Gasteiger partial charge in [-0.15, -0.1) is 0 Å². The highest BCUT2D eigenvalue weighted by Crippen LogP contribution is 2.27. The lowest BCUT2D eigenvalue weighted by Gasteiger charge is -2.22. The average Bonchev–Trinajstić information content (AvgIpc) is 2.96. The monoisotopic (exact) mass is 360 g/mol. The molecule has 0 saturated heterocycles. The number of halogens is 1. The van der Waals surface area contributed by atoms with Crippen molar-refractivity contribution >= 4 is 46.1 Å². The van der Waals surface area contributed by atoms with E-state index in [-0.39, 0.29) is 6.03 Å². The Kier molecular flexibility index (Phi) is 5.06. The van der Waals surface area contributed by atoms with E-state index in [0.717, 1.165) is 5.69 Å². The Bertz CT molecular complexity index is 778. The Morgan fingerprint density at radius 2 is 2.04 bits per heavy atom. The number of benzene rings is 1. The molecule has 5 nitrogen and oxygen atoms in total. The van der Waals surface area contributed by atoms with E-state index in [0.29, 0.717) is 33.5 Å². The van der Waals surface area contributed by atoms with Gasteiger partial charge in [-0.05, 0) is 43.3 Å². The number of pyridine rings is 1. The SMILES string of the molecule is Cc1cccc(N(C(=O)Nc2ccc(Cl)cc2)C2=NC[C@H](C)S2)n1. The Hall–Kier alpha value is -2.05. The Labute approximate surface area is 150 Å². The van der Waals surface area contributed by atoms with Gasteiger partial charge in [-0.1, -0.05) is 36.4 Å². The van der Waals surface area contributed by atoms with Gasteiger partial charge >= 0.3 is 6.03 Å². The van der Waals surface area contributed by atoms with Gasteiger partial charge in [0.25, 0.3) is 0 Å². The van der Waals surface area contributed by atoms with Crippen LogP contribution in [0.5, 0.6) is 0 Å². The molecule has 0 unspecified atom stereocenters. The maximum Gasteiger partial charge on any atom is 0.333 e. The van der Waals surface area contributed by atoms with Gasteiger partial charge in [-0.2, -0.15) is 0 Å². The van der Waals surface area contributed by atoms with Crippen LogP contribution in [0.15, 0.2) is 47.5 Å². The molecule has 0 aliphatic carbocycles. The van der Waals surface area contributed by atoms with Gasteiger partial charge in [-0.25, -0.2) is 14.7 Å². The predicted molar refractivity (Wildman–Crippen MR) is 101 cm³/mol. The van der Waals surface area contributed by atoms with E-state index in [1.165, 1.54) is 4.90 Å². The van der Waals surface area contributed by atoms with E-state index in [2.05, 4.69) is 22.2 Å². The van der Waals surface area contributed by atoms with Gasteiger partial charge < -0.3 is 5.32 Å². The third-order valence-corrected chi connectivity index (χ3v) is 4.71. The highest BCUT2D eigenvalue weighted by Gasteiger charge is 2.28. The molecular weight excluding hydrogens is 344 g/mol. The van der Waals surface area contributed by atoms with E-state index in [1.807, 2.05) is 19.1 Å². The molecule has 0 saturated carbocycles. The summed E-state index contributed by atoms with van der Waals surface area (Å²) in [4.78, 5) is 23.3. The fourth-order valence-electron chi connectivity index (χ4n) is 2.24. The van der Waals surface area contributed by atoms with Crippen molar-refractivity contribution in [3.8, 4) is 0 Å². The van der Waals surface area contributed by atoms with Gasteiger partial charge in [0.2, 0.25) is 0 Å². The van der Waals surface area contributed by atoms with Gasteiger partial charge in [-0.3, -0.25) is 4.99 Å². The summed E-state index contributed by atoms with van der Waals surface area (Å²) in [6.45, 7) is 4.67. The molecule has 0 fully saturated rings. The molecular formula is C17H17ClN4OS. The van der Waals surface area contributed by atoms with Crippen LogP contribution >= 0.6 is 23.4 Å². The zero-order valence-corrected chi connectivity index (χ0v) is 14.9. The smallest absolute Gasteiger partial charge is 0.307 e. The van der Waals surface area contributed by atoms with Crippen LogP contribution in [-0.2, 0) is 0 Å². The summed E-state index contributed by atoms with van der Waals surface area (Å²) >= 11 is 7.46. The summed E-state index contributed by atoms with van der Waals surface area (Å²) < 4.78 is 0. The van der Waals surface area contributed by atoms with Crippen molar-refractivity contribution in [1.82, 2.24) is 4.98 Å². The Balaban J connectivity index is 1.89. The standard InChI is InChI=1S/C17H17ClN4OS/c1-11-4-3-5-15(20-11)22(17-19-10-12(2)24-17)16(23)21-14-8-6-13(18)7-9-14/h3-9,12H,10H2,1-2H3,(H,21,23)/t12-/m0/s1. The third-order valence-electron chi connectivity index (χ3n) is 3.38. The molecule has 0 spiro atoms. The molecule has 2 aromatic rings. The number of thioether (sulfide) groups is 1. The van der Waals surface area contributed by atoms with E-state index >= 15 is 0 Å². The number of aliphatic imine (C=N–C) groups is 1. The second-order valence-corrected chi connectivity index (χ2v) is 7.30. The van der Waals surface area contributed by atoms with Crippen molar-refractivity contribution in [1.29, 1.82) is 0 Å². The van der Waals surface area contributed by atoms with Crippen LogP contribution in [0.25, 0.3) is 0 Å². The molecule has 0 bridgehead atoms. The summed E-state index contributed by atoms with van der Waals surface area (Å²) in [6, 6.07) is 12.3. The summed E-state index contributed by atoms with van der Waals surface area (Å²) in [5, 5.41) is 4.50. The number of aryl methyl sites for hydroxylation is 1. The van der Waals surface area contributed by atoms with Crippen molar-refractivity contribution in [2.45, 2.75) is 19.1 Å². The molecule has 7 heteroatoms. The lowest BCUT2D eigenvalue weighted by Crippen LogP contribution is -2.39. The van der Waals surface area contributed by atoms with Crippen molar-refractivity contribution in [2.75, 3.05) is 16.8 Å². The topological polar surface area (TPSA) is 57.6 Å². The van der Waals surface area contributed by atoms with Crippen LogP contribution in [0.1, 0.15) is 12.6 Å². The molecule has 124 valence electrons. The number of anilines is 2. The summed E-state index contributed by atoms with van der Waals surface area (Å²) in [7, 11) is 0. The number of carbonyl (C=O) groups is 1. The van der Waals surface area contributed by atoms with Crippen molar-refractivity contribution in [3.63, 3.8) is 0 Å². The number of nitrogens with one attached hydrogen (secondary N) is 1. The van der Waals surface area contributed by atoms with Gasteiger partial charge in [0.05, 0.1) is 6.54 Å². The summed E-state index contributed by atoms with van der Waals surface area (Å²) in [6.07, 6.45) is 0. The summed E-state index contributed by atoms with van der Waals surface area (Å²) in [5.41, 5.74) is 1.51. The molecule has 1 N–H and O–H groups in total. The first-order valence-electron chi connectivity index (χ1n) is 7.54. The number of hydrogen-bond donors (Lipinski definition) is 1. The molecule has 1 atom stereocenters. The molecule has 1 aliphatic rings. The quantitative estimate of drug-likeness (QED) is 0.853. The van der Waals surface area contributed by atoms with E-state index in [9.17, 15) is 4.79 Å². The first-order chi connectivity index (χ1) is 11.5. The zero-order valence-electron chi connectivity index (χ0n) is 13.4. The van der Waals surface area contributed by atoms with Gasteiger partial charge in [0, 0.05) is 21.7 Å². The second kappa shape index (κ2) is 7.23. The zero-order chi connectivity index (χ0) is 17.1. The number of carbonyl (C=O) groups excluding carboxylic acids is 1. The number of rotatable bonds is 2. The summed E-state index contributed by atoms with van der Waals surface area (Å²) in [5.74, 6) is 0.557. The third kappa shape index (κ3) is 3.88. The maximum atomic E-state index is 12.9. The van der Waals surface area contributed by atoms with Crippen LogP contribution in [0, 0.1) is 6.92 Å². The average molecular weight is 361 g/mol. The normalized spacial score (nSPS) is 16.6. The maximum absolute atomic E-state index is 12.9. The van der Waals surface area contributed by atoms with Crippen LogP contribution < -0.4 is 10.2 Å². The Morgan fingerprint density at radius 1 is 1.29 bits per heavy atom. The number of hydrogen-bond acceptors (Lipinski definition) is 4. The number of nitrogens with zero attached hydrogens (tertiary/aromatic N) is 3. The van der Waals surface area contributed by atoms with E-state index in [1.54, 1.807) is 42.1 Å².